The Balaban J connectivity index is 2.98. The molecule has 0 aromatic carbocycles. The highest BCUT2D eigenvalue weighted by atomic mass is 16.5. The highest BCUT2D eigenvalue weighted by Crippen LogP contribution is 2.25. The summed E-state index contributed by atoms with van der Waals surface area (Å²) in [5.74, 6) is -1.26. The van der Waals surface area contributed by atoms with E-state index in [2.05, 4.69) is 9.72 Å². The number of pyridine rings is 2. The van der Waals surface area contributed by atoms with Gasteiger partial charge in [-0.2, -0.15) is 0 Å². The number of aromatic hydroxyl groups is 1. The lowest BCUT2D eigenvalue weighted by Crippen LogP contribution is -2.26. The molecule has 94 valence electrons. The molecule has 1 N–H and O–H groups in total. The standard InChI is InChI=1S/C12H12N2O4/c1-6-4-7-9(15)8(12(17)18-3)11(16)14(2)10(7)13-5-6/h4-5,15H,1-3H3. The molecule has 0 radical (unpaired) electrons. The highest BCUT2D eigenvalue weighted by Gasteiger charge is 2.22. The molecule has 0 aliphatic rings. The predicted octanol–water partition coefficient (Wildman–Crippen LogP) is 0.734. The van der Waals surface area contributed by atoms with Gasteiger partial charge in [-0.1, -0.05) is 0 Å². The van der Waals surface area contributed by atoms with Gasteiger partial charge in [0, 0.05) is 13.2 Å². The maximum absolute atomic E-state index is 12.0. The largest absolute Gasteiger partial charge is 0.506 e. The van der Waals surface area contributed by atoms with Crippen molar-refractivity contribution in [1.29, 1.82) is 0 Å². The van der Waals surface area contributed by atoms with Crippen molar-refractivity contribution in [3.63, 3.8) is 0 Å². The van der Waals surface area contributed by atoms with Crippen molar-refractivity contribution in [3.8, 4) is 5.75 Å². The van der Waals surface area contributed by atoms with Gasteiger partial charge in [-0.15, -0.1) is 0 Å². The van der Waals surface area contributed by atoms with Crippen LogP contribution in [0.5, 0.6) is 5.75 Å². The third kappa shape index (κ3) is 1.62. The van der Waals surface area contributed by atoms with Gasteiger partial charge in [-0.3, -0.25) is 9.36 Å². The molecule has 2 aromatic heterocycles. The topological polar surface area (TPSA) is 81.4 Å². The molecule has 2 aromatic rings. The van der Waals surface area contributed by atoms with Crippen LogP contribution in [0.15, 0.2) is 17.1 Å². The molecule has 0 amide bonds. The van der Waals surface area contributed by atoms with Gasteiger partial charge in [0.1, 0.15) is 11.4 Å². The van der Waals surface area contributed by atoms with E-state index in [1.165, 1.54) is 11.6 Å². The number of ether oxygens (including phenoxy) is 1. The van der Waals surface area contributed by atoms with Gasteiger partial charge in [-0.25, -0.2) is 9.78 Å². The van der Waals surface area contributed by atoms with Gasteiger partial charge >= 0.3 is 5.97 Å². The Bertz CT molecular complexity index is 703. The van der Waals surface area contributed by atoms with E-state index in [1.807, 2.05) is 0 Å². The van der Waals surface area contributed by atoms with E-state index in [4.69, 9.17) is 0 Å². The van der Waals surface area contributed by atoms with Crippen molar-refractivity contribution in [2.45, 2.75) is 6.92 Å². The fourth-order valence-electron chi connectivity index (χ4n) is 1.79. The number of carbonyl (C=O) groups excluding carboxylic acids is 1. The van der Waals surface area contributed by atoms with Crippen molar-refractivity contribution in [3.05, 3.63) is 33.7 Å². The molecule has 18 heavy (non-hydrogen) atoms. The van der Waals surface area contributed by atoms with Gasteiger partial charge in [0.2, 0.25) is 0 Å². The molecule has 0 spiro atoms. The molecule has 0 fully saturated rings. The average Bonchev–Trinajstić information content (AvgIpc) is 2.36. The molecule has 6 heteroatoms. The first-order valence-corrected chi connectivity index (χ1v) is 5.24. The quantitative estimate of drug-likeness (QED) is 0.752. The minimum atomic E-state index is -0.864. The molecule has 0 saturated carbocycles. The second kappa shape index (κ2) is 4.14. The van der Waals surface area contributed by atoms with Crippen molar-refractivity contribution in [1.82, 2.24) is 9.55 Å². The summed E-state index contributed by atoms with van der Waals surface area (Å²) < 4.78 is 5.71. The summed E-state index contributed by atoms with van der Waals surface area (Å²) in [5.41, 5.74) is 0.117. The van der Waals surface area contributed by atoms with E-state index in [-0.39, 0.29) is 5.56 Å². The number of nitrogens with zero attached hydrogens (tertiary/aromatic N) is 2. The molecule has 0 atom stereocenters. The number of aryl methyl sites for hydroxylation is 2. The van der Waals surface area contributed by atoms with Crippen molar-refractivity contribution < 1.29 is 14.6 Å². The van der Waals surface area contributed by atoms with Gasteiger partial charge in [0.25, 0.3) is 5.56 Å². The Labute approximate surface area is 102 Å². The summed E-state index contributed by atoms with van der Waals surface area (Å²) in [4.78, 5) is 27.5. The molecule has 6 nitrogen and oxygen atoms in total. The first-order chi connectivity index (χ1) is 8.47. The predicted molar refractivity (Wildman–Crippen MR) is 64.7 cm³/mol. The molecule has 2 heterocycles. The third-order valence-corrected chi connectivity index (χ3v) is 2.72. The minimum absolute atomic E-state index is 0.316. The van der Waals surface area contributed by atoms with Crippen LogP contribution in [-0.2, 0) is 11.8 Å². The fourth-order valence-corrected chi connectivity index (χ4v) is 1.79. The normalized spacial score (nSPS) is 10.6. The Kier molecular flexibility index (Phi) is 2.78. The summed E-state index contributed by atoms with van der Waals surface area (Å²) in [6, 6.07) is 1.66. The van der Waals surface area contributed by atoms with Crippen LogP contribution in [-0.4, -0.2) is 27.7 Å². The van der Waals surface area contributed by atoms with Crippen LogP contribution in [0.2, 0.25) is 0 Å². The van der Waals surface area contributed by atoms with Crippen molar-refractivity contribution >= 4 is 17.0 Å². The summed E-state index contributed by atoms with van der Waals surface area (Å²) >= 11 is 0. The molecular formula is C12H12N2O4. The number of rotatable bonds is 1. The molecule has 0 aliphatic carbocycles. The van der Waals surface area contributed by atoms with Gasteiger partial charge < -0.3 is 9.84 Å². The maximum Gasteiger partial charge on any atom is 0.347 e. The van der Waals surface area contributed by atoms with Crippen LogP contribution in [0.1, 0.15) is 15.9 Å². The van der Waals surface area contributed by atoms with E-state index in [0.717, 1.165) is 12.7 Å². The second-order valence-electron chi connectivity index (χ2n) is 3.96. The zero-order valence-electron chi connectivity index (χ0n) is 10.2. The number of esters is 1. The Morgan fingerprint density at radius 1 is 1.50 bits per heavy atom. The zero-order valence-corrected chi connectivity index (χ0v) is 10.2. The Morgan fingerprint density at radius 3 is 2.78 bits per heavy atom. The summed E-state index contributed by atoms with van der Waals surface area (Å²) in [7, 11) is 2.64. The smallest absolute Gasteiger partial charge is 0.347 e. The Hall–Kier alpha value is -2.37. The van der Waals surface area contributed by atoms with Gasteiger partial charge in [0.15, 0.2) is 5.56 Å². The number of carbonyl (C=O) groups is 1. The first kappa shape index (κ1) is 12.1. The number of methoxy groups -OCH3 is 1. The van der Waals surface area contributed by atoms with E-state index in [1.54, 1.807) is 19.2 Å². The van der Waals surface area contributed by atoms with Crippen LogP contribution in [0.25, 0.3) is 11.0 Å². The van der Waals surface area contributed by atoms with Crippen molar-refractivity contribution in [2.24, 2.45) is 7.05 Å². The summed E-state index contributed by atoms with van der Waals surface area (Å²) in [6.07, 6.45) is 1.58. The van der Waals surface area contributed by atoms with E-state index >= 15 is 0 Å². The lowest BCUT2D eigenvalue weighted by atomic mass is 10.1. The monoisotopic (exact) mass is 248 g/mol. The molecule has 0 unspecified atom stereocenters. The van der Waals surface area contributed by atoms with Crippen molar-refractivity contribution in [2.75, 3.05) is 7.11 Å². The summed E-state index contributed by atoms with van der Waals surface area (Å²) in [5, 5.41) is 10.4. The minimum Gasteiger partial charge on any atom is -0.506 e. The SMILES string of the molecule is COC(=O)c1c(O)c2cc(C)cnc2n(C)c1=O. The summed E-state index contributed by atoms with van der Waals surface area (Å²) in [6.45, 7) is 1.80. The van der Waals surface area contributed by atoms with E-state index in [0.29, 0.717) is 11.0 Å². The highest BCUT2D eigenvalue weighted by molar-refractivity contribution is 5.98. The van der Waals surface area contributed by atoms with Crippen LogP contribution in [0.3, 0.4) is 0 Å². The van der Waals surface area contributed by atoms with Gasteiger partial charge in [0.05, 0.1) is 12.5 Å². The molecular weight excluding hydrogens is 236 g/mol. The number of aromatic nitrogens is 2. The fraction of sp³-hybridized carbons (Fsp3) is 0.250. The first-order valence-electron chi connectivity index (χ1n) is 5.24. The maximum atomic E-state index is 12.0. The number of fused-ring (bicyclic) bond motifs is 1. The van der Waals surface area contributed by atoms with Crippen LogP contribution >= 0.6 is 0 Å². The lowest BCUT2D eigenvalue weighted by molar-refractivity contribution is 0.0595. The van der Waals surface area contributed by atoms with E-state index < -0.39 is 17.3 Å². The molecule has 0 saturated heterocycles. The molecule has 0 bridgehead atoms. The Morgan fingerprint density at radius 2 is 2.17 bits per heavy atom. The van der Waals surface area contributed by atoms with Crippen LogP contribution in [0.4, 0.5) is 0 Å². The number of hydrogen-bond donors (Lipinski definition) is 1. The number of hydrogen-bond acceptors (Lipinski definition) is 5. The zero-order chi connectivity index (χ0) is 13.4. The third-order valence-electron chi connectivity index (χ3n) is 2.72. The van der Waals surface area contributed by atoms with E-state index in [9.17, 15) is 14.7 Å². The average molecular weight is 248 g/mol. The van der Waals surface area contributed by atoms with Crippen LogP contribution < -0.4 is 5.56 Å². The van der Waals surface area contributed by atoms with Gasteiger partial charge in [-0.05, 0) is 18.6 Å². The van der Waals surface area contributed by atoms with Crippen LogP contribution in [0, 0.1) is 6.92 Å². The molecule has 0 aliphatic heterocycles. The lowest BCUT2D eigenvalue weighted by Gasteiger charge is -2.10. The molecule has 2 rings (SSSR count). The second-order valence-corrected chi connectivity index (χ2v) is 3.96.